The van der Waals surface area contributed by atoms with Crippen molar-refractivity contribution >= 4 is 39.1 Å². The van der Waals surface area contributed by atoms with E-state index in [4.69, 9.17) is 0 Å². The van der Waals surface area contributed by atoms with E-state index >= 15 is 0 Å². The van der Waals surface area contributed by atoms with Crippen molar-refractivity contribution in [1.82, 2.24) is 25.0 Å². The molecule has 2 aliphatic rings. The Hall–Kier alpha value is -2.78. The molecule has 0 atom stereocenters. The normalized spacial score (nSPS) is 18.0. The van der Waals surface area contributed by atoms with Crippen molar-refractivity contribution in [2.45, 2.75) is 38.5 Å². The summed E-state index contributed by atoms with van der Waals surface area (Å²) in [5, 5.41) is 11.6. The molecule has 0 spiro atoms. The van der Waals surface area contributed by atoms with Gasteiger partial charge in [-0.05, 0) is 37.6 Å². The molecule has 8 nitrogen and oxygen atoms in total. The standard InChI is InChI=1S/C24H30N6O2S/c1-29-9-11-30(12-10-29)24(32)19-8-7-17(15-25-19)26-22(31)21-14-18-20(27-28-23(18)33-21)13-16-5-3-2-4-6-16/h7-8,14-16H,2-6,9-13H2,1H3,(H,26,31)(H,27,28). The molecule has 0 unspecified atom stereocenters. The van der Waals surface area contributed by atoms with Gasteiger partial charge < -0.3 is 15.1 Å². The number of nitrogens with zero attached hydrogens (tertiary/aromatic N) is 4. The van der Waals surface area contributed by atoms with E-state index in [1.807, 2.05) is 11.0 Å². The van der Waals surface area contributed by atoms with Crippen molar-refractivity contribution in [1.29, 1.82) is 0 Å². The third-order valence-electron chi connectivity index (χ3n) is 6.80. The molecule has 3 aromatic heterocycles. The summed E-state index contributed by atoms with van der Waals surface area (Å²) in [6.45, 7) is 3.15. The van der Waals surface area contributed by atoms with E-state index in [0.29, 0.717) is 35.3 Å². The van der Waals surface area contributed by atoms with E-state index < -0.39 is 0 Å². The number of thiophene rings is 1. The maximum atomic E-state index is 12.8. The van der Waals surface area contributed by atoms with Gasteiger partial charge >= 0.3 is 0 Å². The molecule has 1 saturated heterocycles. The largest absolute Gasteiger partial charge is 0.335 e. The number of carbonyl (C=O) groups excluding carboxylic acids is 2. The number of fused-ring (bicyclic) bond motifs is 1. The van der Waals surface area contributed by atoms with E-state index in [-0.39, 0.29) is 11.8 Å². The highest BCUT2D eigenvalue weighted by molar-refractivity contribution is 7.20. The molecule has 2 N–H and O–H groups in total. The van der Waals surface area contributed by atoms with Gasteiger partial charge in [0, 0.05) is 37.3 Å². The van der Waals surface area contributed by atoms with Gasteiger partial charge in [-0.3, -0.25) is 14.7 Å². The molecule has 0 bridgehead atoms. The van der Waals surface area contributed by atoms with Crippen LogP contribution >= 0.6 is 11.3 Å². The van der Waals surface area contributed by atoms with Gasteiger partial charge in [0.15, 0.2) is 0 Å². The van der Waals surface area contributed by atoms with Gasteiger partial charge in [-0.15, -0.1) is 11.3 Å². The van der Waals surface area contributed by atoms with Crippen LogP contribution in [0.5, 0.6) is 0 Å². The Morgan fingerprint density at radius 2 is 1.94 bits per heavy atom. The number of pyridine rings is 1. The van der Waals surface area contributed by atoms with Crippen LogP contribution in [0, 0.1) is 5.92 Å². The first-order chi connectivity index (χ1) is 16.1. The quantitative estimate of drug-likeness (QED) is 0.597. The Balaban J connectivity index is 1.22. The number of H-pyrrole nitrogens is 1. The molecule has 3 aromatic rings. The summed E-state index contributed by atoms with van der Waals surface area (Å²) in [6.07, 6.45) is 9.07. The van der Waals surface area contributed by atoms with Crippen LogP contribution in [0.15, 0.2) is 24.4 Å². The molecule has 9 heteroatoms. The van der Waals surface area contributed by atoms with Gasteiger partial charge in [-0.2, -0.15) is 5.10 Å². The number of amides is 2. The number of carbonyl (C=O) groups is 2. The number of rotatable bonds is 5. The zero-order chi connectivity index (χ0) is 22.8. The molecule has 2 fully saturated rings. The molecule has 1 saturated carbocycles. The number of piperazine rings is 1. The summed E-state index contributed by atoms with van der Waals surface area (Å²) in [7, 11) is 2.06. The Morgan fingerprint density at radius 1 is 1.15 bits per heavy atom. The van der Waals surface area contributed by atoms with Crippen LogP contribution in [0.4, 0.5) is 5.69 Å². The second-order valence-corrected chi connectivity index (χ2v) is 10.3. The van der Waals surface area contributed by atoms with Gasteiger partial charge in [0.05, 0.1) is 16.8 Å². The Labute approximate surface area is 197 Å². The maximum absolute atomic E-state index is 12.8. The van der Waals surface area contributed by atoms with Crippen LogP contribution < -0.4 is 5.32 Å². The number of hydrogen-bond acceptors (Lipinski definition) is 6. The lowest BCUT2D eigenvalue weighted by molar-refractivity contribution is 0.0658. The third kappa shape index (κ3) is 4.94. The predicted octanol–water partition coefficient (Wildman–Crippen LogP) is 3.78. The summed E-state index contributed by atoms with van der Waals surface area (Å²) in [6, 6.07) is 5.36. The number of nitrogens with one attached hydrogen (secondary N) is 2. The summed E-state index contributed by atoms with van der Waals surface area (Å²) >= 11 is 1.39. The van der Waals surface area contributed by atoms with Crippen molar-refractivity contribution in [3.05, 3.63) is 40.7 Å². The Kier molecular flexibility index (Phi) is 6.41. The molecule has 0 radical (unpaired) electrons. The fraction of sp³-hybridized carbons (Fsp3) is 0.500. The summed E-state index contributed by atoms with van der Waals surface area (Å²) in [5.41, 5.74) is 2.12. The average molecular weight is 467 g/mol. The molecule has 33 heavy (non-hydrogen) atoms. The van der Waals surface area contributed by atoms with E-state index in [1.165, 1.54) is 43.4 Å². The second-order valence-electron chi connectivity index (χ2n) is 9.22. The number of hydrogen-bond donors (Lipinski definition) is 2. The van der Waals surface area contributed by atoms with Crippen molar-refractivity contribution in [2.24, 2.45) is 5.92 Å². The van der Waals surface area contributed by atoms with E-state index in [1.54, 1.807) is 18.3 Å². The van der Waals surface area contributed by atoms with Crippen molar-refractivity contribution in [3.63, 3.8) is 0 Å². The lowest BCUT2D eigenvalue weighted by Gasteiger charge is -2.32. The summed E-state index contributed by atoms with van der Waals surface area (Å²) in [5.74, 6) is 0.463. The van der Waals surface area contributed by atoms with E-state index in [2.05, 4.69) is 32.4 Å². The number of anilines is 1. The van der Waals surface area contributed by atoms with Gasteiger partial charge in [-0.1, -0.05) is 32.1 Å². The molecule has 174 valence electrons. The zero-order valence-corrected chi connectivity index (χ0v) is 19.8. The van der Waals surface area contributed by atoms with Crippen LogP contribution in [-0.4, -0.2) is 70.0 Å². The average Bonchev–Trinajstić information content (AvgIpc) is 3.42. The van der Waals surface area contributed by atoms with Gasteiger partial charge in [-0.25, -0.2) is 4.98 Å². The first-order valence-electron chi connectivity index (χ1n) is 11.8. The minimum atomic E-state index is -0.179. The minimum absolute atomic E-state index is 0.0641. The maximum Gasteiger partial charge on any atom is 0.272 e. The van der Waals surface area contributed by atoms with E-state index in [9.17, 15) is 9.59 Å². The topological polar surface area (TPSA) is 94.2 Å². The highest BCUT2D eigenvalue weighted by Gasteiger charge is 2.22. The smallest absolute Gasteiger partial charge is 0.272 e. The number of aromatic amines is 1. The van der Waals surface area contributed by atoms with Crippen molar-refractivity contribution < 1.29 is 9.59 Å². The van der Waals surface area contributed by atoms with Crippen LogP contribution in [0.25, 0.3) is 10.2 Å². The second kappa shape index (κ2) is 9.61. The van der Waals surface area contributed by atoms with Crippen molar-refractivity contribution in [3.8, 4) is 0 Å². The molecular weight excluding hydrogens is 436 g/mol. The third-order valence-corrected chi connectivity index (χ3v) is 7.83. The van der Waals surface area contributed by atoms with Crippen LogP contribution in [0.1, 0.15) is 58.0 Å². The SMILES string of the molecule is CN1CCN(C(=O)c2ccc(NC(=O)c3cc4c(CC5CCCCC5)[nH]nc4s3)cn2)CC1. The first kappa shape index (κ1) is 22.0. The fourth-order valence-electron chi connectivity index (χ4n) is 4.77. The Morgan fingerprint density at radius 3 is 2.67 bits per heavy atom. The number of likely N-dealkylation sites (N-methyl/N-ethyl adjacent to an activating group) is 1. The lowest BCUT2D eigenvalue weighted by Crippen LogP contribution is -2.47. The fourth-order valence-corrected chi connectivity index (χ4v) is 5.68. The summed E-state index contributed by atoms with van der Waals surface area (Å²) < 4.78 is 0. The molecule has 1 aliphatic carbocycles. The molecular formula is C24H30N6O2S. The van der Waals surface area contributed by atoms with Crippen molar-refractivity contribution in [2.75, 3.05) is 38.5 Å². The van der Waals surface area contributed by atoms with Crippen LogP contribution in [0.3, 0.4) is 0 Å². The van der Waals surface area contributed by atoms with Crippen LogP contribution in [0.2, 0.25) is 0 Å². The molecule has 4 heterocycles. The van der Waals surface area contributed by atoms with Gasteiger partial charge in [0.2, 0.25) is 0 Å². The van der Waals surface area contributed by atoms with E-state index in [0.717, 1.165) is 35.4 Å². The lowest BCUT2D eigenvalue weighted by atomic mass is 9.86. The summed E-state index contributed by atoms with van der Waals surface area (Å²) in [4.78, 5) is 35.3. The Bertz CT molecular complexity index is 1120. The first-order valence-corrected chi connectivity index (χ1v) is 12.6. The van der Waals surface area contributed by atoms with Gasteiger partial charge in [0.25, 0.3) is 11.8 Å². The van der Waals surface area contributed by atoms with Crippen LogP contribution in [-0.2, 0) is 6.42 Å². The zero-order valence-electron chi connectivity index (χ0n) is 19.0. The number of aromatic nitrogens is 3. The van der Waals surface area contributed by atoms with Gasteiger partial charge in [0.1, 0.15) is 10.5 Å². The monoisotopic (exact) mass is 466 g/mol. The molecule has 2 amide bonds. The molecule has 5 rings (SSSR count). The highest BCUT2D eigenvalue weighted by Crippen LogP contribution is 2.32. The minimum Gasteiger partial charge on any atom is -0.335 e. The molecule has 1 aliphatic heterocycles. The predicted molar refractivity (Wildman–Crippen MR) is 130 cm³/mol. The highest BCUT2D eigenvalue weighted by atomic mass is 32.1. The molecule has 0 aromatic carbocycles.